The van der Waals surface area contributed by atoms with Gasteiger partial charge in [0.25, 0.3) is 0 Å². The van der Waals surface area contributed by atoms with Crippen LogP contribution in [-0.2, 0) is 9.46 Å². The van der Waals surface area contributed by atoms with Gasteiger partial charge in [0, 0.05) is 6.42 Å². The molecule has 0 unspecified atom stereocenters. The van der Waals surface area contributed by atoms with Crippen LogP contribution in [0.2, 0.25) is 0 Å². The lowest BCUT2D eigenvalue weighted by atomic mass is 10.2. The second-order valence-corrected chi connectivity index (χ2v) is 3.50. The number of hydrogen-bond acceptors (Lipinski definition) is 2. The van der Waals surface area contributed by atoms with E-state index in [-0.39, 0.29) is 0 Å². The van der Waals surface area contributed by atoms with Crippen LogP contribution in [0.15, 0.2) is 11.8 Å². The van der Waals surface area contributed by atoms with Crippen LogP contribution in [0.25, 0.3) is 0 Å². The Bertz CT molecular complexity index is 135. The van der Waals surface area contributed by atoms with Gasteiger partial charge in [-0.3, -0.25) is 4.58 Å². The highest BCUT2D eigenvalue weighted by Gasteiger charge is 1.97. The standard InChI is InChI=1S/C10H22O2Si/c1-3-5-7-9-10(11-12-13)8-6-4-2/h9H,3-8H2,1-2,13H3. The second kappa shape index (κ2) is 9.80. The molecular formula is C10H22O2Si. The maximum absolute atomic E-state index is 5.11. The van der Waals surface area contributed by atoms with Crippen molar-refractivity contribution in [2.24, 2.45) is 0 Å². The maximum Gasteiger partial charge on any atom is 0.209 e. The van der Waals surface area contributed by atoms with Gasteiger partial charge in [-0.15, -0.1) is 0 Å². The van der Waals surface area contributed by atoms with Crippen molar-refractivity contribution in [3.63, 3.8) is 0 Å². The number of allylic oxidation sites excluding steroid dienone is 2. The van der Waals surface area contributed by atoms with Crippen molar-refractivity contribution in [1.82, 2.24) is 0 Å². The molecule has 0 aromatic carbocycles. The Balaban J connectivity index is 3.69. The lowest BCUT2D eigenvalue weighted by Gasteiger charge is -2.06. The molecule has 0 rings (SSSR count). The molecule has 0 saturated carbocycles. The molecule has 0 aromatic rings. The zero-order valence-electron chi connectivity index (χ0n) is 9.14. The van der Waals surface area contributed by atoms with E-state index < -0.39 is 0 Å². The third-order valence-corrected chi connectivity index (χ3v) is 2.06. The van der Waals surface area contributed by atoms with Gasteiger partial charge in [0.15, 0.2) is 0 Å². The Morgan fingerprint density at radius 2 is 1.92 bits per heavy atom. The normalized spacial score (nSPS) is 12.0. The van der Waals surface area contributed by atoms with Crippen LogP contribution in [0.4, 0.5) is 0 Å². The average Bonchev–Trinajstić information content (AvgIpc) is 2.14. The van der Waals surface area contributed by atoms with Crippen molar-refractivity contribution >= 4 is 10.5 Å². The van der Waals surface area contributed by atoms with E-state index in [2.05, 4.69) is 19.9 Å². The number of hydrogen-bond donors (Lipinski definition) is 0. The fraction of sp³-hybridized carbons (Fsp3) is 0.800. The quantitative estimate of drug-likeness (QED) is 0.198. The summed E-state index contributed by atoms with van der Waals surface area (Å²) in [4.78, 5) is 5.11. The van der Waals surface area contributed by atoms with Crippen molar-refractivity contribution in [1.29, 1.82) is 0 Å². The van der Waals surface area contributed by atoms with Gasteiger partial charge in [-0.05, 0) is 25.3 Å². The minimum Gasteiger partial charge on any atom is -0.355 e. The Morgan fingerprint density at radius 1 is 1.23 bits per heavy atom. The molecule has 0 aliphatic carbocycles. The summed E-state index contributed by atoms with van der Waals surface area (Å²) in [6.07, 6.45) is 9.15. The van der Waals surface area contributed by atoms with Gasteiger partial charge in [-0.1, -0.05) is 26.7 Å². The molecule has 2 nitrogen and oxygen atoms in total. The van der Waals surface area contributed by atoms with Gasteiger partial charge >= 0.3 is 0 Å². The Hall–Kier alpha value is -0.283. The summed E-state index contributed by atoms with van der Waals surface area (Å²) < 4.78 is 4.80. The highest BCUT2D eigenvalue weighted by molar-refractivity contribution is 5.97. The molecule has 13 heavy (non-hydrogen) atoms. The van der Waals surface area contributed by atoms with E-state index >= 15 is 0 Å². The molecule has 0 saturated heterocycles. The molecule has 0 atom stereocenters. The van der Waals surface area contributed by atoms with E-state index in [0.29, 0.717) is 10.5 Å². The lowest BCUT2D eigenvalue weighted by Crippen LogP contribution is -1.92. The molecule has 0 fully saturated rings. The predicted molar refractivity (Wildman–Crippen MR) is 59.2 cm³/mol. The maximum atomic E-state index is 5.11. The first-order chi connectivity index (χ1) is 6.35. The summed E-state index contributed by atoms with van der Waals surface area (Å²) in [5.41, 5.74) is 0. The Morgan fingerprint density at radius 3 is 2.46 bits per heavy atom. The van der Waals surface area contributed by atoms with Gasteiger partial charge in [-0.25, -0.2) is 0 Å². The van der Waals surface area contributed by atoms with Crippen LogP contribution >= 0.6 is 0 Å². The van der Waals surface area contributed by atoms with Crippen LogP contribution < -0.4 is 0 Å². The molecule has 0 aliphatic heterocycles. The molecule has 0 heterocycles. The minimum absolute atomic E-state index is 0.642. The molecular weight excluding hydrogens is 180 g/mol. The second-order valence-electron chi connectivity index (χ2n) is 3.17. The van der Waals surface area contributed by atoms with Crippen molar-refractivity contribution in [3.8, 4) is 0 Å². The van der Waals surface area contributed by atoms with Gasteiger partial charge in [0.1, 0.15) is 5.76 Å². The zero-order valence-corrected chi connectivity index (χ0v) is 11.1. The summed E-state index contributed by atoms with van der Waals surface area (Å²) in [6.45, 7) is 4.38. The van der Waals surface area contributed by atoms with Crippen molar-refractivity contribution in [2.75, 3.05) is 0 Å². The third kappa shape index (κ3) is 8.06. The fourth-order valence-electron chi connectivity index (χ4n) is 1.10. The summed E-state index contributed by atoms with van der Waals surface area (Å²) in [7, 11) is 0.642. The highest BCUT2D eigenvalue weighted by Crippen LogP contribution is 2.11. The molecule has 0 aromatic heterocycles. The van der Waals surface area contributed by atoms with Crippen LogP contribution in [0.5, 0.6) is 0 Å². The first-order valence-corrected chi connectivity index (χ1v) is 6.06. The smallest absolute Gasteiger partial charge is 0.209 e. The fourth-order valence-corrected chi connectivity index (χ4v) is 1.32. The van der Waals surface area contributed by atoms with E-state index in [9.17, 15) is 0 Å². The largest absolute Gasteiger partial charge is 0.355 e. The Labute approximate surface area is 84.8 Å². The van der Waals surface area contributed by atoms with Crippen molar-refractivity contribution in [3.05, 3.63) is 11.8 Å². The molecule has 0 bridgehead atoms. The van der Waals surface area contributed by atoms with Crippen LogP contribution in [-0.4, -0.2) is 10.5 Å². The minimum atomic E-state index is 0.642. The average molecular weight is 202 g/mol. The highest BCUT2D eigenvalue weighted by atomic mass is 28.2. The van der Waals surface area contributed by atoms with E-state index in [1.165, 1.54) is 25.7 Å². The topological polar surface area (TPSA) is 18.5 Å². The molecule has 0 aliphatic rings. The van der Waals surface area contributed by atoms with Crippen molar-refractivity contribution < 1.29 is 9.46 Å². The third-order valence-electron chi connectivity index (χ3n) is 1.90. The van der Waals surface area contributed by atoms with E-state index in [0.717, 1.165) is 18.6 Å². The molecule has 3 heteroatoms. The Kier molecular flexibility index (Phi) is 9.59. The first kappa shape index (κ1) is 12.7. The number of unbranched alkanes of at least 4 members (excludes halogenated alkanes) is 3. The van der Waals surface area contributed by atoms with Crippen LogP contribution in [0.3, 0.4) is 0 Å². The van der Waals surface area contributed by atoms with Gasteiger partial charge in [0.2, 0.25) is 10.5 Å². The summed E-state index contributed by atoms with van der Waals surface area (Å²) in [6, 6.07) is 0. The van der Waals surface area contributed by atoms with Crippen molar-refractivity contribution in [2.45, 2.75) is 52.4 Å². The van der Waals surface area contributed by atoms with E-state index in [1.807, 2.05) is 0 Å². The number of rotatable bonds is 8. The van der Waals surface area contributed by atoms with E-state index in [1.54, 1.807) is 0 Å². The summed E-state index contributed by atoms with van der Waals surface area (Å²) in [5.74, 6) is 1.02. The molecule has 0 amide bonds. The van der Waals surface area contributed by atoms with Gasteiger partial charge in [-0.2, -0.15) is 0 Å². The first-order valence-electron chi connectivity index (χ1n) is 5.24. The summed E-state index contributed by atoms with van der Waals surface area (Å²) in [5, 5.41) is 0. The monoisotopic (exact) mass is 202 g/mol. The van der Waals surface area contributed by atoms with Crippen LogP contribution in [0.1, 0.15) is 52.4 Å². The molecule has 78 valence electrons. The van der Waals surface area contributed by atoms with Gasteiger partial charge < -0.3 is 4.89 Å². The predicted octanol–water partition coefficient (Wildman–Crippen LogP) is 2.48. The SMILES string of the molecule is CCCCC=C(CCCC)OO[SiH3]. The zero-order chi connectivity index (χ0) is 9.94. The molecule has 0 spiro atoms. The molecule has 0 N–H and O–H groups in total. The molecule has 0 radical (unpaired) electrons. The van der Waals surface area contributed by atoms with E-state index in [4.69, 9.17) is 9.46 Å². The summed E-state index contributed by atoms with van der Waals surface area (Å²) >= 11 is 0. The van der Waals surface area contributed by atoms with Gasteiger partial charge in [0.05, 0.1) is 0 Å². The van der Waals surface area contributed by atoms with Crippen LogP contribution in [0, 0.1) is 0 Å². The lowest BCUT2D eigenvalue weighted by molar-refractivity contribution is -0.165.